The predicted molar refractivity (Wildman–Crippen MR) is 90.3 cm³/mol. The number of nitrogens with one attached hydrogen (secondary N) is 1. The van der Waals surface area contributed by atoms with Gasteiger partial charge in [-0.1, -0.05) is 0 Å². The van der Waals surface area contributed by atoms with Crippen molar-refractivity contribution in [3.8, 4) is 11.3 Å². The van der Waals surface area contributed by atoms with Crippen LogP contribution in [0.2, 0.25) is 0 Å². The Morgan fingerprint density at radius 3 is 2.62 bits per heavy atom. The highest BCUT2D eigenvalue weighted by Crippen LogP contribution is 2.23. The number of fused-ring (bicyclic) bond motifs is 1. The molecule has 3 aromatic heterocycles. The first kappa shape index (κ1) is 14.6. The molecule has 1 aliphatic rings. The maximum Gasteiger partial charge on any atom is 0.158 e. The van der Waals surface area contributed by atoms with Gasteiger partial charge in [-0.25, -0.2) is 4.98 Å². The van der Waals surface area contributed by atoms with Gasteiger partial charge in [0.2, 0.25) is 0 Å². The Morgan fingerprint density at radius 2 is 1.92 bits per heavy atom. The molecule has 1 aliphatic heterocycles. The quantitative estimate of drug-likeness (QED) is 0.548. The van der Waals surface area contributed by atoms with Crippen molar-refractivity contribution in [2.45, 2.75) is 0 Å². The second-order valence-corrected chi connectivity index (χ2v) is 5.55. The minimum Gasteiger partial charge on any atom is -0.382 e. The fourth-order valence-corrected chi connectivity index (χ4v) is 2.78. The molecule has 0 aliphatic carbocycles. The molecule has 0 saturated carbocycles. The number of anilines is 1. The smallest absolute Gasteiger partial charge is 0.158 e. The number of hydrogen-bond acceptors (Lipinski definition) is 6. The molecule has 3 N–H and O–H groups in total. The molecular weight excluding hydrogens is 306 g/mol. The summed E-state index contributed by atoms with van der Waals surface area (Å²) in [7, 11) is 0. The van der Waals surface area contributed by atoms with Crippen LogP contribution in [-0.2, 0) is 4.74 Å². The number of rotatable bonds is 3. The van der Waals surface area contributed by atoms with Gasteiger partial charge in [0, 0.05) is 43.2 Å². The van der Waals surface area contributed by atoms with E-state index in [1.165, 1.54) is 0 Å². The van der Waals surface area contributed by atoms with E-state index >= 15 is 0 Å². The highest BCUT2D eigenvalue weighted by atomic mass is 16.5. The molecular formula is C16H17N7O. The van der Waals surface area contributed by atoms with E-state index in [9.17, 15) is 0 Å². The Balaban J connectivity index is 1.88. The van der Waals surface area contributed by atoms with E-state index in [2.05, 4.69) is 14.9 Å². The van der Waals surface area contributed by atoms with Crippen LogP contribution in [0.25, 0.3) is 16.9 Å². The van der Waals surface area contributed by atoms with Gasteiger partial charge in [0.15, 0.2) is 5.65 Å². The van der Waals surface area contributed by atoms with Crippen LogP contribution in [0.15, 0.2) is 36.7 Å². The molecule has 1 fully saturated rings. The van der Waals surface area contributed by atoms with E-state index in [0.717, 1.165) is 30.2 Å². The van der Waals surface area contributed by atoms with Crippen LogP contribution >= 0.6 is 0 Å². The van der Waals surface area contributed by atoms with Gasteiger partial charge in [0.05, 0.1) is 18.9 Å². The van der Waals surface area contributed by atoms with Gasteiger partial charge < -0.3 is 15.4 Å². The summed E-state index contributed by atoms with van der Waals surface area (Å²) < 4.78 is 7.22. The van der Waals surface area contributed by atoms with Gasteiger partial charge in [-0.2, -0.15) is 9.61 Å². The number of morpholine rings is 1. The number of pyridine rings is 1. The third-order valence-corrected chi connectivity index (χ3v) is 4.00. The van der Waals surface area contributed by atoms with Gasteiger partial charge >= 0.3 is 0 Å². The largest absolute Gasteiger partial charge is 0.382 e. The number of aromatic nitrogens is 4. The number of amidine groups is 1. The predicted octanol–water partition coefficient (Wildman–Crippen LogP) is 0.912. The summed E-state index contributed by atoms with van der Waals surface area (Å²) in [5.41, 5.74) is 8.54. The molecule has 0 spiro atoms. The van der Waals surface area contributed by atoms with Gasteiger partial charge in [0.1, 0.15) is 17.3 Å². The lowest BCUT2D eigenvalue weighted by molar-refractivity contribution is 0.122. The molecule has 0 aromatic carbocycles. The average Bonchev–Trinajstić information content (AvgIpc) is 3.06. The fourth-order valence-electron chi connectivity index (χ4n) is 2.78. The maximum atomic E-state index is 7.73. The van der Waals surface area contributed by atoms with Crippen LogP contribution in [0.3, 0.4) is 0 Å². The molecule has 3 aromatic rings. The van der Waals surface area contributed by atoms with Crippen molar-refractivity contribution in [3.05, 3.63) is 42.4 Å². The van der Waals surface area contributed by atoms with E-state index in [4.69, 9.17) is 21.0 Å². The lowest BCUT2D eigenvalue weighted by atomic mass is 10.2. The maximum absolute atomic E-state index is 7.73. The number of ether oxygens (including phenoxy) is 1. The standard InChI is InChI=1S/C16H17N7O/c17-16(18)13-10-15(22-5-7-24-8-6-22)23-14(20-13)9-12(21-23)11-1-3-19-4-2-11/h1-4,9-10H,5-8H2,(H3,17,18). The first-order chi connectivity index (χ1) is 11.7. The van der Waals surface area contributed by atoms with Gasteiger partial charge in [0.25, 0.3) is 0 Å². The normalized spacial score (nSPS) is 14.9. The minimum atomic E-state index is -0.0568. The highest BCUT2D eigenvalue weighted by molar-refractivity contribution is 5.94. The first-order valence-corrected chi connectivity index (χ1v) is 7.71. The zero-order valence-corrected chi connectivity index (χ0v) is 13.0. The Hall–Kier alpha value is -3.00. The second-order valence-electron chi connectivity index (χ2n) is 5.55. The van der Waals surface area contributed by atoms with Gasteiger partial charge in [-0.3, -0.25) is 10.4 Å². The Kier molecular flexibility index (Phi) is 3.58. The molecule has 0 bridgehead atoms. The average molecular weight is 323 g/mol. The zero-order valence-electron chi connectivity index (χ0n) is 13.0. The number of nitrogens with zero attached hydrogens (tertiary/aromatic N) is 5. The molecule has 122 valence electrons. The summed E-state index contributed by atoms with van der Waals surface area (Å²) in [4.78, 5) is 10.7. The van der Waals surface area contributed by atoms with Crippen molar-refractivity contribution in [1.82, 2.24) is 19.6 Å². The molecule has 1 saturated heterocycles. The molecule has 8 nitrogen and oxygen atoms in total. The van der Waals surface area contributed by atoms with Crippen LogP contribution in [0, 0.1) is 5.41 Å². The first-order valence-electron chi connectivity index (χ1n) is 7.71. The summed E-state index contributed by atoms with van der Waals surface area (Å²) in [6, 6.07) is 7.51. The van der Waals surface area contributed by atoms with Crippen molar-refractivity contribution in [1.29, 1.82) is 5.41 Å². The molecule has 4 rings (SSSR count). The summed E-state index contributed by atoms with van der Waals surface area (Å²) in [6.45, 7) is 2.86. The van der Waals surface area contributed by atoms with Crippen LogP contribution in [0.1, 0.15) is 5.69 Å². The molecule has 0 radical (unpaired) electrons. The second kappa shape index (κ2) is 5.89. The summed E-state index contributed by atoms with van der Waals surface area (Å²) in [5.74, 6) is 0.812. The molecule has 0 atom stereocenters. The van der Waals surface area contributed by atoms with Crippen molar-refractivity contribution in [2.24, 2.45) is 5.73 Å². The lowest BCUT2D eigenvalue weighted by Crippen LogP contribution is -2.37. The fraction of sp³-hybridized carbons (Fsp3) is 0.250. The van der Waals surface area contributed by atoms with E-state index in [-0.39, 0.29) is 5.84 Å². The topological polar surface area (TPSA) is 105 Å². The monoisotopic (exact) mass is 323 g/mol. The zero-order chi connectivity index (χ0) is 16.5. The molecule has 0 unspecified atom stereocenters. The van der Waals surface area contributed by atoms with Crippen molar-refractivity contribution >= 4 is 17.3 Å². The van der Waals surface area contributed by atoms with Crippen LogP contribution < -0.4 is 10.6 Å². The third kappa shape index (κ3) is 2.56. The summed E-state index contributed by atoms with van der Waals surface area (Å²) in [5, 5.41) is 12.4. The van der Waals surface area contributed by atoms with E-state index in [1.807, 2.05) is 24.3 Å². The van der Waals surface area contributed by atoms with Gasteiger partial charge in [-0.05, 0) is 12.1 Å². The van der Waals surface area contributed by atoms with Crippen LogP contribution in [-0.4, -0.2) is 51.7 Å². The highest BCUT2D eigenvalue weighted by Gasteiger charge is 2.18. The molecule has 24 heavy (non-hydrogen) atoms. The molecule has 4 heterocycles. The minimum absolute atomic E-state index is 0.0568. The lowest BCUT2D eigenvalue weighted by Gasteiger charge is -2.29. The van der Waals surface area contributed by atoms with Crippen molar-refractivity contribution < 1.29 is 4.74 Å². The van der Waals surface area contributed by atoms with Crippen LogP contribution in [0.5, 0.6) is 0 Å². The number of nitrogens with two attached hydrogens (primary N) is 1. The molecule has 8 heteroatoms. The summed E-state index contributed by atoms with van der Waals surface area (Å²) in [6.07, 6.45) is 3.47. The van der Waals surface area contributed by atoms with E-state index in [0.29, 0.717) is 24.6 Å². The Bertz CT molecular complexity index is 884. The number of hydrogen-bond donors (Lipinski definition) is 2. The SMILES string of the molecule is N=C(N)c1cc(N2CCOCC2)n2nc(-c3ccncc3)cc2n1. The molecule has 0 amide bonds. The number of nitrogen functional groups attached to an aromatic ring is 1. The van der Waals surface area contributed by atoms with Crippen molar-refractivity contribution in [2.75, 3.05) is 31.2 Å². The van der Waals surface area contributed by atoms with Gasteiger partial charge in [-0.15, -0.1) is 0 Å². The van der Waals surface area contributed by atoms with E-state index in [1.54, 1.807) is 16.9 Å². The third-order valence-electron chi connectivity index (χ3n) is 4.00. The van der Waals surface area contributed by atoms with Crippen molar-refractivity contribution in [3.63, 3.8) is 0 Å². The Morgan fingerprint density at radius 1 is 1.17 bits per heavy atom. The van der Waals surface area contributed by atoms with E-state index < -0.39 is 0 Å². The summed E-state index contributed by atoms with van der Waals surface area (Å²) >= 11 is 0. The van der Waals surface area contributed by atoms with Crippen LogP contribution in [0.4, 0.5) is 5.82 Å². The Labute approximate surface area is 138 Å².